The van der Waals surface area contributed by atoms with Crippen molar-refractivity contribution in [2.45, 2.75) is 0 Å². The van der Waals surface area contributed by atoms with Gasteiger partial charge in [-0.15, -0.1) is 0 Å². The number of halogens is 2. The van der Waals surface area contributed by atoms with Crippen LogP contribution in [0.1, 0.15) is 0 Å². The average molecular weight is 259 g/mol. The van der Waals surface area contributed by atoms with Crippen molar-refractivity contribution in [1.82, 2.24) is 0 Å². The van der Waals surface area contributed by atoms with Crippen LogP contribution in [-0.2, 0) is 0 Å². The van der Waals surface area contributed by atoms with Crippen molar-refractivity contribution in [3.63, 3.8) is 0 Å². The molecule has 0 aliphatic carbocycles. The van der Waals surface area contributed by atoms with E-state index in [9.17, 15) is 0 Å². The molecule has 1 aliphatic rings. The first-order valence-electron chi connectivity index (χ1n) is 2.55. The van der Waals surface area contributed by atoms with Crippen molar-refractivity contribution in [3.05, 3.63) is 24.4 Å². The van der Waals surface area contributed by atoms with Crippen LogP contribution in [0.15, 0.2) is 24.4 Å². The second-order valence-electron chi connectivity index (χ2n) is 1.84. The summed E-state index contributed by atoms with van der Waals surface area (Å²) in [6, 6.07) is 0. The minimum atomic E-state index is 0. The summed E-state index contributed by atoms with van der Waals surface area (Å²) in [5.74, 6) is 0. The molecule has 1 aliphatic heterocycles. The second-order valence-corrected chi connectivity index (χ2v) is 1.84. The number of hydrogen-bond donors (Lipinski definition) is 1. The van der Waals surface area contributed by atoms with Crippen LogP contribution in [0.4, 0.5) is 0 Å². The third-order valence-corrected chi connectivity index (χ3v) is 1.07. The summed E-state index contributed by atoms with van der Waals surface area (Å²) in [5, 5.41) is 0. The van der Waals surface area contributed by atoms with E-state index in [1.54, 1.807) is 0 Å². The zero-order valence-electron chi connectivity index (χ0n) is 5.27. The zero-order valence-corrected chi connectivity index (χ0v) is 8.19. The van der Waals surface area contributed by atoms with Crippen molar-refractivity contribution >= 4 is 0 Å². The van der Waals surface area contributed by atoms with Gasteiger partial charge in [-0.25, -0.2) is 0 Å². The van der Waals surface area contributed by atoms with Crippen molar-refractivity contribution in [1.29, 1.82) is 0 Å². The Kier molecular flexibility index (Phi) is 8.89. The summed E-state index contributed by atoms with van der Waals surface area (Å²) in [4.78, 5) is 1.45. The third-order valence-electron chi connectivity index (χ3n) is 1.07. The molecule has 1 atom stereocenters. The highest BCUT2D eigenvalue weighted by Crippen LogP contribution is 1.73. The van der Waals surface area contributed by atoms with Gasteiger partial charge in [0.25, 0.3) is 0 Å². The predicted molar refractivity (Wildman–Crippen MR) is 30.0 cm³/mol. The van der Waals surface area contributed by atoms with Crippen molar-refractivity contribution < 1.29 is 41.3 Å². The maximum atomic E-state index is 2.16. The number of likely N-dealkylation sites (N-methyl/N-ethyl adjacent to an activating group) is 1. The maximum absolute atomic E-state index is 2.16. The molecule has 1 N–H and O–H groups in total. The van der Waals surface area contributed by atoms with Gasteiger partial charge in [0.1, 0.15) is 6.54 Å². The van der Waals surface area contributed by atoms with E-state index in [4.69, 9.17) is 0 Å². The fourth-order valence-corrected chi connectivity index (χ4v) is 0.620. The molecule has 0 aromatic rings. The number of hydrogen-bond acceptors (Lipinski definition) is 0. The molecule has 0 radical (unpaired) electrons. The lowest BCUT2D eigenvalue weighted by molar-refractivity contribution is -0.818. The van der Waals surface area contributed by atoms with Gasteiger partial charge in [0.15, 0.2) is 0 Å². The minimum Gasteiger partial charge on any atom is -1.00 e. The van der Waals surface area contributed by atoms with E-state index < -0.39 is 0 Å². The van der Waals surface area contributed by atoms with Gasteiger partial charge in [0, 0.05) is 0 Å². The van der Waals surface area contributed by atoms with Crippen molar-refractivity contribution in [2.24, 2.45) is 0 Å². The standard InChI is InChI=1S/C6H9N.ClH.HI/c1-7-5-3-2-4-6-7;;/h2-5H,6H2,1H3;2*1H/p-1. The van der Waals surface area contributed by atoms with E-state index in [0.717, 1.165) is 6.54 Å². The molecule has 54 valence electrons. The van der Waals surface area contributed by atoms with Crippen molar-refractivity contribution in [2.75, 3.05) is 13.6 Å². The molecule has 1 nitrogen and oxygen atoms in total. The Hall–Kier alpha value is 0.460. The summed E-state index contributed by atoms with van der Waals surface area (Å²) in [5.41, 5.74) is 0. The molecule has 1 heterocycles. The Labute approximate surface area is 79.2 Å². The van der Waals surface area contributed by atoms with Gasteiger partial charge in [-0.3, -0.25) is 0 Å². The highest BCUT2D eigenvalue weighted by Gasteiger charge is 1.92. The van der Waals surface area contributed by atoms with Gasteiger partial charge >= 0.3 is 0 Å². The van der Waals surface area contributed by atoms with Crippen LogP contribution < -0.4 is 41.3 Å². The molecule has 0 saturated carbocycles. The molecule has 1 unspecified atom stereocenters. The summed E-state index contributed by atoms with van der Waals surface area (Å²) in [6.45, 7) is 1.14. The molecule has 0 aromatic heterocycles. The Morgan fingerprint density at radius 2 is 2.00 bits per heavy atom. The van der Waals surface area contributed by atoms with E-state index in [0.29, 0.717) is 0 Å². The summed E-state index contributed by atoms with van der Waals surface area (Å²) >= 11 is 0. The zero-order chi connectivity index (χ0) is 5.11. The van der Waals surface area contributed by atoms with Gasteiger partial charge < -0.3 is 41.3 Å². The highest BCUT2D eigenvalue weighted by atomic mass is 127. The van der Waals surface area contributed by atoms with Gasteiger partial charge in [-0.1, -0.05) is 6.08 Å². The monoisotopic (exact) mass is 258 g/mol. The molecule has 0 aromatic carbocycles. The van der Waals surface area contributed by atoms with Gasteiger partial charge in [0.2, 0.25) is 0 Å². The number of rotatable bonds is 0. The van der Waals surface area contributed by atoms with Gasteiger partial charge in [0.05, 0.1) is 13.2 Å². The summed E-state index contributed by atoms with van der Waals surface area (Å²) < 4.78 is 0. The average Bonchev–Trinajstić information content (AvgIpc) is 1.69. The fraction of sp³-hybridized carbons (Fsp3) is 0.333. The fourth-order valence-electron chi connectivity index (χ4n) is 0.620. The molecule has 1 rings (SSSR count). The van der Waals surface area contributed by atoms with E-state index in [-0.39, 0.29) is 36.4 Å². The maximum Gasteiger partial charge on any atom is 0.100 e. The quantitative estimate of drug-likeness (QED) is 0.412. The lowest BCUT2D eigenvalue weighted by Crippen LogP contribution is -3.04. The van der Waals surface area contributed by atoms with Gasteiger partial charge in [-0.05, 0) is 12.2 Å². The highest BCUT2D eigenvalue weighted by molar-refractivity contribution is 5.01. The number of quaternary nitrogens is 1. The third kappa shape index (κ3) is 4.93. The van der Waals surface area contributed by atoms with Crippen LogP contribution in [0.3, 0.4) is 0 Å². The first-order chi connectivity index (χ1) is 3.39. The Morgan fingerprint density at radius 3 is 2.22 bits per heavy atom. The van der Waals surface area contributed by atoms with Gasteiger partial charge in [-0.2, -0.15) is 0 Å². The van der Waals surface area contributed by atoms with Crippen LogP contribution in [0.2, 0.25) is 0 Å². The van der Waals surface area contributed by atoms with E-state index in [1.807, 2.05) is 0 Å². The number of allylic oxidation sites excluding steroid dienone is 2. The predicted octanol–water partition coefficient (Wildman–Crippen LogP) is -6.41. The SMILES string of the molecule is C[NH+]1C=CC=CC1.[Cl-].[I-]. The van der Waals surface area contributed by atoms with Crippen LogP contribution in [-0.4, -0.2) is 13.6 Å². The Bertz CT molecular complexity index is 112. The first-order valence-corrected chi connectivity index (χ1v) is 2.55. The molecule has 0 bridgehead atoms. The molecule has 9 heavy (non-hydrogen) atoms. The Morgan fingerprint density at radius 1 is 1.33 bits per heavy atom. The normalized spacial score (nSPS) is 22.1. The van der Waals surface area contributed by atoms with Crippen molar-refractivity contribution in [3.8, 4) is 0 Å². The lowest BCUT2D eigenvalue weighted by atomic mass is 10.4. The van der Waals surface area contributed by atoms with E-state index in [2.05, 4.69) is 31.5 Å². The molecule has 0 fully saturated rings. The van der Waals surface area contributed by atoms with Crippen LogP contribution in [0.25, 0.3) is 0 Å². The number of nitrogens with one attached hydrogen (secondary N) is 1. The second kappa shape index (κ2) is 6.58. The van der Waals surface area contributed by atoms with Crippen LogP contribution in [0.5, 0.6) is 0 Å². The smallest absolute Gasteiger partial charge is 0.100 e. The summed E-state index contributed by atoms with van der Waals surface area (Å²) in [7, 11) is 2.14. The van der Waals surface area contributed by atoms with Crippen LogP contribution in [0, 0.1) is 0 Å². The molecular weight excluding hydrogens is 248 g/mol. The van der Waals surface area contributed by atoms with Crippen LogP contribution >= 0.6 is 0 Å². The topological polar surface area (TPSA) is 4.44 Å². The Balaban J connectivity index is 0. The molecule has 3 heteroatoms. The molecule has 0 spiro atoms. The summed E-state index contributed by atoms with van der Waals surface area (Å²) in [6.07, 6.45) is 8.45. The minimum absolute atomic E-state index is 0. The molecule has 0 saturated heterocycles. The molecule has 0 amide bonds. The first kappa shape index (κ1) is 12.2. The van der Waals surface area contributed by atoms with E-state index in [1.165, 1.54) is 4.90 Å². The van der Waals surface area contributed by atoms with E-state index >= 15 is 0 Å². The lowest BCUT2D eigenvalue weighted by Gasteiger charge is -2.05. The largest absolute Gasteiger partial charge is 1.00 e. The molecular formula is C6H10ClIN-.